The monoisotopic (exact) mass is 288 g/mol. The highest BCUT2D eigenvalue weighted by Gasteiger charge is 2.15. The summed E-state index contributed by atoms with van der Waals surface area (Å²) in [5.74, 6) is -0.957. The summed E-state index contributed by atoms with van der Waals surface area (Å²) in [6.07, 6.45) is 0.526. The van der Waals surface area contributed by atoms with E-state index in [1.54, 1.807) is 11.9 Å². The van der Waals surface area contributed by atoms with Gasteiger partial charge in [0.1, 0.15) is 5.69 Å². The average molecular weight is 288 g/mol. The Balaban J connectivity index is 2.15. The van der Waals surface area contributed by atoms with Crippen LogP contribution in [0.1, 0.15) is 34.5 Å². The van der Waals surface area contributed by atoms with E-state index in [4.69, 9.17) is 5.11 Å². The van der Waals surface area contributed by atoms with Crippen LogP contribution in [0.3, 0.4) is 0 Å². The smallest absolute Gasteiger partial charge is 0.303 e. The lowest BCUT2D eigenvalue weighted by Crippen LogP contribution is -2.28. The number of carbonyl (C=O) groups is 2. The molecule has 0 fully saturated rings. The fourth-order valence-corrected chi connectivity index (χ4v) is 2.49. The van der Waals surface area contributed by atoms with E-state index in [0.29, 0.717) is 18.7 Å². The molecule has 2 aromatic rings. The Bertz CT molecular complexity index is 688. The predicted octanol–water partition coefficient (Wildman–Crippen LogP) is 2.72. The van der Waals surface area contributed by atoms with Gasteiger partial charge in [0.15, 0.2) is 0 Å². The molecule has 0 aliphatic heterocycles. The van der Waals surface area contributed by atoms with Gasteiger partial charge in [0.25, 0.3) is 5.91 Å². The van der Waals surface area contributed by atoms with Crippen molar-refractivity contribution in [2.45, 2.75) is 26.7 Å². The number of benzene rings is 1. The molecular weight excluding hydrogens is 268 g/mol. The Hall–Kier alpha value is -2.30. The second-order valence-electron chi connectivity index (χ2n) is 5.45. The van der Waals surface area contributed by atoms with Crippen LogP contribution < -0.4 is 0 Å². The van der Waals surface area contributed by atoms with Gasteiger partial charge in [0.2, 0.25) is 0 Å². The van der Waals surface area contributed by atoms with Crippen LogP contribution in [0.5, 0.6) is 0 Å². The van der Waals surface area contributed by atoms with E-state index in [1.165, 1.54) is 0 Å². The number of nitrogens with zero attached hydrogens (tertiary/aromatic N) is 1. The number of amides is 1. The van der Waals surface area contributed by atoms with Crippen molar-refractivity contribution in [1.29, 1.82) is 0 Å². The molecule has 0 spiro atoms. The van der Waals surface area contributed by atoms with Gasteiger partial charge in [-0.1, -0.05) is 6.07 Å². The Labute approximate surface area is 123 Å². The van der Waals surface area contributed by atoms with E-state index < -0.39 is 5.97 Å². The minimum atomic E-state index is -0.840. The van der Waals surface area contributed by atoms with Gasteiger partial charge in [-0.2, -0.15) is 0 Å². The summed E-state index contributed by atoms with van der Waals surface area (Å²) in [6.45, 7) is 4.47. The van der Waals surface area contributed by atoms with Gasteiger partial charge in [0, 0.05) is 30.9 Å². The molecule has 0 radical (unpaired) electrons. The molecule has 0 atom stereocenters. The Kier molecular flexibility index (Phi) is 4.31. The Morgan fingerprint density at radius 3 is 2.62 bits per heavy atom. The Morgan fingerprint density at radius 1 is 1.24 bits per heavy atom. The van der Waals surface area contributed by atoms with Crippen LogP contribution in [0.2, 0.25) is 0 Å². The van der Waals surface area contributed by atoms with Crippen LogP contribution in [-0.2, 0) is 4.79 Å². The second kappa shape index (κ2) is 5.99. The van der Waals surface area contributed by atoms with Crippen molar-refractivity contribution in [2.75, 3.05) is 13.6 Å². The molecule has 112 valence electrons. The maximum absolute atomic E-state index is 12.3. The SMILES string of the molecule is Cc1cc(C)c2cc(C(=O)N(C)CCCC(=O)O)[nH]c2c1. The lowest BCUT2D eigenvalue weighted by Gasteiger charge is -2.15. The van der Waals surface area contributed by atoms with Crippen LogP contribution in [0.15, 0.2) is 18.2 Å². The molecule has 1 amide bonds. The van der Waals surface area contributed by atoms with E-state index in [9.17, 15) is 9.59 Å². The standard InChI is InChI=1S/C16H20N2O3/c1-10-7-11(2)12-9-14(17-13(12)8-10)16(21)18(3)6-4-5-15(19)20/h7-9,17H,4-6H2,1-3H3,(H,19,20). The van der Waals surface area contributed by atoms with Crippen molar-refractivity contribution < 1.29 is 14.7 Å². The fourth-order valence-electron chi connectivity index (χ4n) is 2.49. The molecule has 0 bridgehead atoms. The first-order chi connectivity index (χ1) is 9.88. The average Bonchev–Trinajstić information content (AvgIpc) is 2.81. The van der Waals surface area contributed by atoms with Gasteiger partial charge in [-0.05, 0) is 43.5 Å². The molecule has 5 heteroatoms. The number of H-pyrrole nitrogens is 1. The maximum Gasteiger partial charge on any atom is 0.303 e. The van der Waals surface area contributed by atoms with Crippen LogP contribution in [-0.4, -0.2) is 40.5 Å². The second-order valence-corrected chi connectivity index (χ2v) is 5.45. The van der Waals surface area contributed by atoms with E-state index >= 15 is 0 Å². The minimum absolute atomic E-state index is 0.0720. The molecule has 0 aliphatic rings. The molecule has 0 unspecified atom stereocenters. The summed E-state index contributed by atoms with van der Waals surface area (Å²) in [5, 5.41) is 9.67. The van der Waals surface area contributed by atoms with Gasteiger partial charge in [-0.3, -0.25) is 9.59 Å². The first-order valence-corrected chi connectivity index (χ1v) is 6.95. The third-order valence-corrected chi connectivity index (χ3v) is 3.55. The summed E-state index contributed by atoms with van der Waals surface area (Å²) >= 11 is 0. The van der Waals surface area contributed by atoms with Gasteiger partial charge in [-0.15, -0.1) is 0 Å². The largest absolute Gasteiger partial charge is 0.481 e. The van der Waals surface area contributed by atoms with Crippen LogP contribution in [0.25, 0.3) is 10.9 Å². The lowest BCUT2D eigenvalue weighted by molar-refractivity contribution is -0.137. The Morgan fingerprint density at radius 2 is 1.95 bits per heavy atom. The topological polar surface area (TPSA) is 73.4 Å². The molecule has 0 saturated carbocycles. The zero-order valence-electron chi connectivity index (χ0n) is 12.6. The highest BCUT2D eigenvalue weighted by atomic mass is 16.4. The molecule has 2 rings (SSSR count). The van der Waals surface area contributed by atoms with Crippen LogP contribution in [0.4, 0.5) is 0 Å². The van der Waals surface area contributed by atoms with Crippen molar-refractivity contribution in [3.63, 3.8) is 0 Å². The molecule has 1 heterocycles. The number of carbonyl (C=O) groups excluding carboxylic acids is 1. The van der Waals surface area contributed by atoms with Crippen molar-refractivity contribution in [3.8, 4) is 0 Å². The van der Waals surface area contributed by atoms with Crippen LogP contribution >= 0.6 is 0 Å². The lowest BCUT2D eigenvalue weighted by atomic mass is 10.1. The number of fused-ring (bicyclic) bond motifs is 1. The fraction of sp³-hybridized carbons (Fsp3) is 0.375. The zero-order chi connectivity index (χ0) is 15.6. The number of carboxylic acids is 1. The predicted molar refractivity (Wildman–Crippen MR) is 81.6 cm³/mol. The highest BCUT2D eigenvalue weighted by Crippen LogP contribution is 2.22. The van der Waals surface area contributed by atoms with Crippen LogP contribution in [0, 0.1) is 13.8 Å². The van der Waals surface area contributed by atoms with Crippen molar-refractivity contribution in [1.82, 2.24) is 9.88 Å². The number of nitrogens with one attached hydrogen (secondary N) is 1. The van der Waals surface area contributed by atoms with Gasteiger partial charge < -0.3 is 15.0 Å². The number of aromatic nitrogens is 1. The number of aromatic amines is 1. The molecule has 5 nitrogen and oxygen atoms in total. The maximum atomic E-state index is 12.3. The molecule has 0 saturated heterocycles. The summed E-state index contributed by atoms with van der Waals surface area (Å²) in [7, 11) is 1.69. The van der Waals surface area contributed by atoms with E-state index in [2.05, 4.69) is 11.1 Å². The van der Waals surface area contributed by atoms with Gasteiger partial charge >= 0.3 is 5.97 Å². The number of carboxylic acid groups (broad SMARTS) is 1. The van der Waals surface area contributed by atoms with Gasteiger partial charge in [-0.25, -0.2) is 0 Å². The van der Waals surface area contributed by atoms with E-state index in [0.717, 1.165) is 22.0 Å². The summed E-state index contributed by atoms with van der Waals surface area (Å²) in [5.41, 5.74) is 3.77. The number of aryl methyl sites for hydroxylation is 2. The first-order valence-electron chi connectivity index (χ1n) is 6.95. The summed E-state index contributed by atoms with van der Waals surface area (Å²) in [6, 6.07) is 5.96. The molecule has 21 heavy (non-hydrogen) atoms. The summed E-state index contributed by atoms with van der Waals surface area (Å²) in [4.78, 5) is 27.5. The third-order valence-electron chi connectivity index (χ3n) is 3.55. The van der Waals surface area contributed by atoms with Crippen molar-refractivity contribution in [2.24, 2.45) is 0 Å². The zero-order valence-corrected chi connectivity index (χ0v) is 12.6. The number of hydrogen-bond acceptors (Lipinski definition) is 2. The highest BCUT2D eigenvalue weighted by molar-refractivity contribution is 5.98. The normalized spacial score (nSPS) is 10.8. The third kappa shape index (κ3) is 3.42. The minimum Gasteiger partial charge on any atom is -0.481 e. The number of hydrogen-bond donors (Lipinski definition) is 2. The summed E-state index contributed by atoms with van der Waals surface area (Å²) < 4.78 is 0. The first kappa shape index (κ1) is 15.1. The molecule has 2 N–H and O–H groups in total. The molecular formula is C16H20N2O3. The van der Waals surface area contributed by atoms with Gasteiger partial charge in [0.05, 0.1) is 0 Å². The molecule has 1 aromatic carbocycles. The van der Waals surface area contributed by atoms with E-state index in [-0.39, 0.29) is 12.3 Å². The number of aliphatic carboxylic acids is 1. The number of rotatable bonds is 5. The molecule has 0 aliphatic carbocycles. The van der Waals surface area contributed by atoms with Crippen molar-refractivity contribution >= 4 is 22.8 Å². The quantitative estimate of drug-likeness (QED) is 0.888. The van der Waals surface area contributed by atoms with Crippen molar-refractivity contribution in [3.05, 3.63) is 35.0 Å². The molecule has 1 aromatic heterocycles. The van der Waals surface area contributed by atoms with E-state index in [1.807, 2.05) is 26.0 Å².